The highest BCUT2D eigenvalue weighted by molar-refractivity contribution is 5.56. The quantitative estimate of drug-likeness (QED) is 0.833. The van der Waals surface area contributed by atoms with E-state index in [1.807, 2.05) is 24.0 Å². The van der Waals surface area contributed by atoms with Gasteiger partial charge in [0.15, 0.2) is 5.56 Å². The fourth-order valence-electron chi connectivity index (χ4n) is 3.65. The Kier molecular flexibility index (Phi) is 4.21. The van der Waals surface area contributed by atoms with Gasteiger partial charge >= 0.3 is 5.69 Å². The maximum absolute atomic E-state index is 13.7. The van der Waals surface area contributed by atoms with Gasteiger partial charge in [-0.1, -0.05) is 19.1 Å². The van der Waals surface area contributed by atoms with Crippen LogP contribution in [0.1, 0.15) is 30.5 Å². The van der Waals surface area contributed by atoms with Crippen LogP contribution in [0.4, 0.5) is 10.2 Å². The summed E-state index contributed by atoms with van der Waals surface area (Å²) in [6.07, 6.45) is 0.815. The zero-order valence-corrected chi connectivity index (χ0v) is 14.4. The van der Waals surface area contributed by atoms with Crippen molar-refractivity contribution in [1.82, 2.24) is 9.13 Å². The lowest BCUT2D eigenvalue weighted by Gasteiger charge is -2.31. The van der Waals surface area contributed by atoms with Crippen LogP contribution in [0.15, 0.2) is 33.9 Å². The van der Waals surface area contributed by atoms with Crippen molar-refractivity contribution in [1.29, 1.82) is 5.26 Å². The van der Waals surface area contributed by atoms with Crippen molar-refractivity contribution in [2.75, 3.05) is 11.4 Å². The Labute approximate surface area is 144 Å². The predicted molar refractivity (Wildman–Crippen MR) is 91.9 cm³/mol. The second-order valence-electron chi connectivity index (χ2n) is 6.48. The molecule has 2 aromatic rings. The molecule has 0 bridgehead atoms. The molecule has 0 amide bonds. The van der Waals surface area contributed by atoms with Gasteiger partial charge < -0.3 is 4.90 Å². The third-order valence-electron chi connectivity index (χ3n) is 4.91. The molecule has 1 aliphatic rings. The van der Waals surface area contributed by atoms with Crippen LogP contribution in [0.5, 0.6) is 0 Å². The van der Waals surface area contributed by atoms with Crippen molar-refractivity contribution in [2.45, 2.75) is 19.4 Å². The molecule has 2 unspecified atom stereocenters. The minimum atomic E-state index is -0.613. The molecule has 7 heteroatoms. The van der Waals surface area contributed by atoms with Gasteiger partial charge in [0.05, 0.1) is 6.04 Å². The van der Waals surface area contributed by atoms with Crippen molar-refractivity contribution in [3.63, 3.8) is 0 Å². The molecule has 1 aromatic heterocycles. The normalized spacial score (nSPS) is 19.9. The molecule has 2 atom stereocenters. The summed E-state index contributed by atoms with van der Waals surface area (Å²) in [5.74, 6) is 0.150. The van der Waals surface area contributed by atoms with E-state index in [0.29, 0.717) is 12.4 Å². The molecule has 1 fully saturated rings. The summed E-state index contributed by atoms with van der Waals surface area (Å²) < 4.78 is 16.0. The zero-order valence-electron chi connectivity index (χ0n) is 14.4. The van der Waals surface area contributed by atoms with Gasteiger partial charge in [-0.25, -0.2) is 9.18 Å². The Hall–Kier alpha value is -2.88. The Bertz CT molecular complexity index is 986. The number of benzene rings is 1. The average Bonchev–Trinajstić information content (AvgIpc) is 2.97. The van der Waals surface area contributed by atoms with E-state index in [-0.39, 0.29) is 23.3 Å². The molecule has 1 aliphatic heterocycles. The van der Waals surface area contributed by atoms with Crippen molar-refractivity contribution in [3.8, 4) is 6.07 Å². The van der Waals surface area contributed by atoms with Crippen LogP contribution in [-0.4, -0.2) is 15.7 Å². The molecule has 2 heterocycles. The van der Waals surface area contributed by atoms with E-state index in [1.165, 1.54) is 23.7 Å². The Morgan fingerprint density at radius 1 is 1.24 bits per heavy atom. The third kappa shape index (κ3) is 2.64. The molecule has 0 aliphatic carbocycles. The van der Waals surface area contributed by atoms with Gasteiger partial charge in [-0.15, -0.1) is 0 Å². The summed E-state index contributed by atoms with van der Waals surface area (Å²) in [6, 6.07) is 8.04. The largest absolute Gasteiger partial charge is 0.349 e. The number of rotatable bonds is 2. The van der Waals surface area contributed by atoms with Gasteiger partial charge in [0.2, 0.25) is 0 Å². The molecule has 1 saturated heterocycles. The summed E-state index contributed by atoms with van der Waals surface area (Å²) >= 11 is 0. The highest BCUT2D eigenvalue weighted by Gasteiger charge is 2.36. The maximum atomic E-state index is 13.7. The topological polar surface area (TPSA) is 71.0 Å². The van der Waals surface area contributed by atoms with Gasteiger partial charge in [-0.2, -0.15) is 5.26 Å². The van der Waals surface area contributed by atoms with Gasteiger partial charge in [0.1, 0.15) is 17.7 Å². The zero-order chi connectivity index (χ0) is 18.3. The number of hydrogen-bond donors (Lipinski definition) is 0. The Morgan fingerprint density at radius 2 is 1.96 bits per heavy atom. The third-order valence-corrected chi connectivity index (χ3v) is 4.91. The standard InChI is InChI=1S/C18H19FN4O2/c1-11-7-8-23(15(11)12-5-4-6-13(19)9-12)16-14(10-20)17(24)22(3)18(25)21(16)2/h4-6,9,11,15H,7-8H2,1-3H3. The van der Waals surface area contributed by atoms with Gasteiger partial charge in [0, 0.05) is 20.6 Å². The highest BCUT2D eigenvalue weighted by atomic mass is 19.1. The van der Waals surface area contributed by atoms with E-state index < -0.39 is 11.2 Å². The first-order chi connectivity index (χ1) is 11.9. The number of nitriles is 1. The number of nitrogens with zero attached hydrogens (tertiary/aromatic N) is 4. The second kappa shape index (κ2) is 6.20. The number of halogens is 1. The first-order valence-corrected chi connectivity index (χ1v) is 8.09. The number of anilines is 1. The lowest BCUT2D eigenvalue weighted by molar-refractivity contribution is 0.520. The van der Waals surface area contributed by atoms with E-state index in [4.69, 9.17) is 0 Å². The highest BCUT2D eigenvalue weighted by Crippen LogP contribution is 2.40. The van der Waals surface area contributed by atoms with Crippen LogP contribution in [-0.2, 0) is 14.1 Å². The van der Waals surface area contributed by atoms with Crippen LogP contribution in [0.2, 0.25) is 0 Å². The Morgan fingerprint density at radius 3 is 2.60 bits per heavy atom. The number of hydrogen-bond acceptors (Lipinski definition) is 4. The lowest BCUT2D eigenvalue weighted by atomic mass is 9.95. The molecular formula is C18H19FN4O2. The first-order valence-electron chi connectivity index (χ1n) is 8.09. The van der Waals surface area contributed by atoms with E-state index in [1.54, 1.807) is 13.1 Å². The molecule has 0 N–H and O–H groups in total. The lowest BCUT2D eigenvalue weighted by Crippen LogP contribution is -2.42. The van der Waals surface area contributed by atoms with E-state index in [2.05, 4.69) is 0 Å². The van der Waals surface area contributed by atoms with Crippen LogP contribution >= 0.6 is 0 Å². The Balaban J connectivity index is 2.24. The minimum Gasteiger partial charge on any atom is -0.349 e. The van der Waals surface area contributed by atoms with Crippen molar-refractivity contribution in [2.24, 2.45) is 20.0 Å². The van der Waals surface area contributed by atoms with Crippen LogP contribution in [0.25, 0.3) is 0 Å². The molecule has 130 valence electrons. The summed E-state index contributed by atoms with van der Waals surface area (Å²) in [5, 5.41) is 9.50. The van der Waals surface area contributed by atoms with Crippen LogP contribution < -0.4 is 16.1 Å². The van der Waals surface area contributed by atoms with Crippen LogP contribution in [0, 0.1) is 23.1 Å². The van der Waals surface area contributed by atoms with Gasteiger partial charge in [0.25, 0.3) is 5.56 Å². The molecule has 6 nitrogen and oxygen atoms in total. The summed E-state index contributed by atoms with van der Waals surface area (Å²) in [7, 11) is 2.90. The van der Waals surface area contributed by atoms with Crippen molar-refractivity contribution in [3.05, 3.63) is 62.0 Å². The van der Waals surface area contributed by atoms with Gasteiger partial charge in [-0.3, -0.25) is 13.9 Å². The maximum Gasteiger partial charge on any atom is 0.332 e. The van der Waals surface area contributed by atoms with E-state index >= 15 is 0 Å². The molecule has 1 aromatic carbocycles. The molecule has 25 heavy (non-hydrogen) atoms. The minimum absolute atomic E-state index is 0.0693. The summed E-state index contributed by atoms with van der Waals surface area (Å²) in [4.78, 5) is 26.6. The molecule has 3 rings (SSSR count). The van der Waals surface area contributed by atoms with Crippen LogP contribution in [0.3, 0.4) is 0 Å². The van der Waals surface area contributed by atoms with Crippen molar-refractivity contribution < 1.29 is 4.39 Å². The summed E-state index contributed by atoms with van der Waals surface area (Å²) in [5.41, 5.74) is -0.406. The first kappa shape index (κ1) is 17.0. The second-order valence-corrected chi connectivity index (χ2v) is 6.48. The SMILES string of the molecule is CC1CCN(c2c(C#N)c(=O)n(C)c(=O)n2C)C1c1cccc(F)c1. The molecule has 0 spiro atoms. The van der Waals surface area contributed by atoms with E-state index in [0.717, 1.165) is 16.6 Å². The van der Waals surface area contributed by atoms with Gasteiger partial charge in [-0.05, 0) is 30.0 Å². The molecular weight excluding hydrogens is 323 g/mol. The molecule has 0 saturated carbocycles. The number of aromatic nitrogens is 2. The van der Waals surface area contributed by atoms with E-state index in [9.17, 15) is 19.2 Å². The monoisotopic (exact) mass is 342 g/mol. The molecule has 0 radical (unpaired) electrons. The average molecular weight is 342 g/mol. The summed E-state index contributed by atoms with van der Waals surface area (Å²) in [6.45, 7) is 2.62. The fourth-order valence-corrected chi connectivity index (χ4v) is 3.65. The fraction of sp³-hybridized carbons (Fsp3) is 0.389. The smallest absolute Gasteiger partial charge is 0.332 e. The predicted octanol–water partition coefficient (Wildman–Crippen LogP) is 1.68. The van der Waals surface area contributed by atoms with Crippen molar-refractivity contribution >= 4 is 5.82 Å².